The van der Waals surface area contributed by atoms with Crippen LogP contribution in [0.1, 0.15) is 6.42 Å². The number of amides is 1. The molecule has 1 N–H and O–H groups in total. The third-order valence-electron chi connectivity index (χ3n) is 3.67. The summed E-state index contributed by atoms with van der Waals surface area (Å²) in [5.41, 5.74) is 0.745. The van der Waals surface area contributed by atoms with Crippen LogP contribution in [0.5, 0.6) is 0 Å². The Morgan fingerprint density at radius 3 is 2.77 bits per heavy atom. The van der Waals surface area contributed by atoms with Crippen molar-refractivity contribution >= 4 is 27.0 Å². The molecule has 1 saturated heterocycles. The number of nitrogens with zero attached hydrogens (tertiary/aromatic N) is 2. The molecule has 22 heavy (non-hydrogen) atoms. The normalized spacial score (nSPS) is 17.4. The molecule has 8 nitrogen and oxygen atoms in total. The molecule has 3 rings (SSSR count). The van der Waals surface area contributed by atoms with Crippen LogP contribution >= 0.6 is 0 Å². The first-order chi connectivity index (χ1) is 10.4. The van der Waals surface area contributed by atoms with E-state index in [2.05, 4.69) is 5.32 Å². The van der Waals surface area contributed by atoms with Crippen LogP contribution in [-0.4, -0.2) is 42.8 Å². The summed E-state index contributed by atoms with van der Waals surface area (Å²) in [7, 11) is -2.18. The highest BCUT2D eigenvalue weighted by atomic mass is 32.2. The number of benzene rings is 1. The second kappa shape index (κ2) is 5.25. The number of rotatable bonds is 2. The van der Waals surface area contributed by atoms with Crippen molar-refractivity contribution in [1.29, 1.82) is 0 Å². The number of carbonyl (C=O) groups is 1. The smallest absolute Gasteiger partial charge is 0.408 e. The molecular formula is C13H15N3O5S. The van der Waals surface area contributed by atoms with Crippen LogP contribution in [0, 0.1) is 0 Å². The topological polar surface area (TPSA) is 102 Å². The van der Waals surface area contributed by atoms with Crippen LogP contribution in [-0.2, 0) is 21.9 Å². The van der Waals surface area contributed by atoms with Gasteiger partial charge in [-0.25, -0.2) is 13.2 Å². The standard InChI is InChI=1S/C13H15N3O5S/c1-15-10-3-2-9(8-11(10)21-13(15)18)22(19,20)16-6-4-12(17)14-5-7-16/h2-3,8H,4-7H2,1H3,(H,14,17). The number of hydrogen-bond acceptors (Lipinski definition) is 5. The van der Waals surface area contributed by atoms with Crippen LogP contribution in [0.2, 0.25) is 0 Å². The summed E-state index contributed by atoms with van der Waals surface area (Å²) in [4.78, 5) is 22.8. The van der Waals surface area contributed by atoms with E-state index >= 15 is 0 Å². The minimum absolute atomic E-state index is 0.0451. The van der Waals surface area contributed by atoms with Gasteiger partial charge in [0.05, 0.1) is 10.4 Å². The molecule has 0 aliphatic carbocycles. The minimum atomic E-state index is -3.73. The molecule has 1 aromatic heterocycles. The molecule has 2 aromatic rings. The minimum Gasteiger partial charge on any atom is -0.408 e. The third kappa shape index (κ3) is 2.42. The lowest BCUT2D eigenvalue weighted by molar-refractivity contribution is -0.120. The second-order valence-electron chi connectivity index (χ2n) is 5.06. The fourth-order valence-corrected chi connectivity index (χ4v) is 3.87. The van der Waals surface area contributed by atoms with Gasteiger partial charge in [0, 0.05) is 39.2 Å². The summed E-state index contributed by atoms with van der Waals surface area (Å²) in [5, 5.41) is 2.63. The third-order valence-corrected chi connectivity index (χ3v) is 5.57. The van der Waals surface area contributed by atoms with Crippen molar-refractivity contribution in [3.05, 3.63) is 28.7 Å². The number of oxazole rings is 1. The summed E-state index contributed by atoms with van der Waals surface area (Å²) in [6.07, 6.45) is 0.127. The molecule has 0 spiro atoms. The zero-order valence-corrected chi connectivity index (χ0v) is 12.7. The van der Waals surface area contributed by atoms with Gasteiger partial charge in [0.2, 0.25) is 15.9 Å². The van der Waals surface area contributed by atoms with Crippen molar-refractivity contribution in [2.75, 3.05) is 19.6 Å². The van der Waals surface area contributed by atoms with Crippen molar-refractivity contribution in [2.24, 2.45) is 7.05 Å². The van der Waals surface area contributed by atoms with Crippen LogP contribution in [0.4, 0.5) is 0 Å². The zero-order valence-electron chi connectivity index (χ0n) is 11.9. The molecule has 1 aliphatic heterocycles. The highest BCUT2D eigenvalue weighted by Crippen LogP contribution is 2.21. The molecule has 9 heteroatoms. The number of sulfonamides is 1. The first-order valence-corrected chi connectivity index (χ1v) is 8.20. The molecule has 0 radical (unpaired) electrons. The van der Waals surface area contributed by atoms with Gasteiger partial charge in [0.15, 0.2) is 5.58 Å². The summed E-state index contributed by atoms with van der Waals surface area (Å²) in [6, 6.07) is 4.31. The Hall–Kier alpha value is -2.13. The maximum Gasteiger partial charge on any atom is 0.419 e. The fourth-order valence-electron chi connectivity index (χ4n) is 2.41. The number of aryl methyl sites for hydroxylation is 1. The van der Waals surface area contributed by atoms with Crippen molar-refractivity contribution in [2.45, 2.75) is 11.3 Å². The van der Waals surface area contributed by atoms with E-state index in [9.17, 15) is 18.0 Å². The van der Waals surface area contributed by atoms with E-state index in [-0.39, 0.29) is 42.4 Å². The van der Waals surface area contributed by atoms with Gasteiger partial charge < -0.3 is 9.73 Å². The molecule has 0 atom stereocenters. The number of hydrogen-bond donors (Lipinski definition) is 1. The van der Waals surface area contributed by atoms with Crippen LogP contribution in [0.15, 0.2) is 32.3 Å². The van der Waals surface area contributed by atoms with Gasteiger partial charge in [0.25, 0.3) is 0 Å². The summed E-state index contributed by atoms with van der Waals surface area (Å²) in [6.45, 7) is 0.622. The lowest BCUT2D eigenvalue weighted by Gasteiger charge is -2.19. The first-order valence-electron chi connectivity index (χ1n) is 6.76. The average molecular weight is 325 g/mol. The van der Waals surface area contributed by atoms with E-state index in [1.807, 2.05) is 0 Å². The van der Waals surface area contributed by atoms with Gasteiger partial charge in [-0.2, -0.15) is 4.31 Å². The lowest BCUT2D eigenvalue weighted by atomic mass is 10.3. The molecular weight excluding hydrogens is 310 g/mol. The maximum atomic E-state index is 12.6. The Morgan fingerprint density at radius 2 is 2.00 bits per heavy atom. The number of nitrogens with one attached hydrogen (secondary N) is 1. The van der Waals surface area contributed by atoms with Gasteiger partial charge in [-0.3, -0.25) is 9.36 Å². The Morgan fingerprint density at radius 1 is 1.23 bits per heavy atom. The zero-order chi connectivity index (χ0) is 15.9. The molecule has 2 heterocycles. The van der Waals surface area contributed by atoms with E-state index in [0.717, 1.165) is 0 Å². The van der Waals surface area contributed by atoms with Crippen molar-refractivity contribution in [3.8, 4) is 0 Å². The molecule has 0 saturated carbocycles. The van der Waals surface area contributed by atoms with Gasteiger partial charge >= 0.3 is 5.76 Å². The molecule has 0 bridgehead atoms. The Bertz CT molecular complexity index is 896. The number of aromatic nitrogens is 1. The molecule has 0 unspecified atom stereocenters. The highest BCUT2D eigenvalue weighted by molar-refractivity contribution is 7.89. The monoisotopic (exact) mass is 325 g/mol. The predicted octanol–water partition coefficient (Wildman–Crippen LogP) is -0.358. The highest BCUT2D eigenvalue weighted by Gasteiger charge is 2.27. The Balaban J connectivity index is 2.01. The summed E-state index contributed by atoms with van der Waals surface area (Å²) >= 11 is 0. The van der Waals surface area contributed by atoms with Crippen molar-refractivity contribution in [1.82, 2.24) is 14.2 Å². The van der Waals surface area contributed by atoms with Crippen molar-refractivity contribution < 1.29 is 17.6 Å². The second-order valence-corrected chi connectivity index (χ2v) is 7.00. The molecule has 1 fully saturated rings. The van der Waals surface area contributed by atoms with Gasteiger partial charge in [-0.05, 0) is 12.1 Å². The van der Waals surface area contributed by atoms with E-state index in [1.54, 1.807) is 7.05 Å². The van der Waals surface area contributed by atoms with Gasteiger partial charge in [-0.15, -0.1) is 0 Å². The Labute approximate surface area is 126 Å². The van der Waals surface area contributed by atoms with E-state index in [4.69, 9.17) is 4.42 Å². The van der Waals surface area contributed by atoms with Crippen molar-refractivity contribution in [3.63, 3.8) is 0 Å². The van der Waals surface area contributed by atoms with E-state index in [0.29, 0.717) is 5.52 Å². The average Bonchev–Trinajstić information content (AvgIpc) is 2.65. The molecule has 118 valence electrons. The van der Waals surface area contributed by atoms with Gasteiger partial charge in [0.1, 0.15) is 0 Å². The largest absolute Gasteiger partial charge is 0.419 e. The fraction of sp³-hybridized carbons (Fsp3) is 0.385. The van der Waals surface area contributed by atoms with Crippen LogP contribution in [0.25, 0.3) is 11.1 Å². The lowest BCUT2D eigenvalue weighted by Crippen LogP contribution is -2.34. The van der Waals surface area contributed by atoms with E-state index in [1.165, 1.54) is 27.1 Å². The SMILES string of the molecule is Cn1c(=O)oc2cc(S(=O)(=O)N3CCNC(=O)CC3)ccc21. The molecule has 1 aliphatic rings. The quantitative estimate of drug-likeness (QED) is 0.812. The van der Waals surface area contributed by atoms with E-state index < -0.39 is 15.8 Å². The summed E-state index contributed by atoms with van der Waals surface area (Å²) < 4.78 is 32.9. The first kappa shape index (κ1) is 14.8. The summed E-state index contributed by atoms with van der Waals surface area (Å²) in [5.74, 6) is -0.712. The number of carbonyl (C=O) groups excluding carboxylic acids is 1. The maximum absolute atomic E-state index is 12.6. The van der Waals surface area contributed by atoms with Gasteiger partial charge in [-0.1, -0.05) is 0 Å². The Kier molecular flexibility index (Phi) is 3.53. The van der Waals surface area contributed by atoms with Crippen LogP contribution in [0.3, 0.4) is 0 Å². The predicted molar refractivity (Wildman–Crippen MR) is 77.8 cm³/mol. The molecule has 1 amide bonds. The van der Waals surface area contributed by atoms with Crippen LogP contribution < -0.4 is 11.1 Å². The molecule has 1 aromatic carbocycles. The number of fused-ring (bicyclic) bond motifs is 1.